The first-order valence-electron chi connectivity index (χ1n) is 18.9. The lowest BCUT2D eigenvalue weighted by atomic mass is 9.94. The Kier molecular flexibility index (Phi) is 14.2. The Balaban J connectivity index is 1.80. The van der Waals surface area contributed by atoms with Crippen LogP contribution in [0.15, 0.2) is 51.1 Å². The number of esters is 2. The van der Waals surface area contributed by atoms with Crippen LogP contribution in [0.25, 0.3) is 32.3 Å². The summed E-state index contributed by atoms with van der Waals surface area (Å²) in [5, 5.41) is 13.9. The molecular formula is C39H54N4O13S3. The summed E-state index contributed by atoms with van der Waals surface area (Å²) in [5.74, 6) is -1.56. The van der Waals surface area contributed by atoms with Crippen LogP contribution in [-0.4, -0.2) is 91.4 Å². The van der Waals surface area contributed by atoms with Crippen molar-refractivity contribution in [3.05, 3.63) is 36.4 Å². The third kappa shape index (κ3) is 12.6. The van der Waals surface area contributed by atoms with E-state index in [4.69, 9.17) is 14.2 Å². The van der Waals surface area contributed by atoms with E-state index in [2.05, 4.69) is 19.5 Å². The van der Waals surface area contributed by atoms with Gasteiger partial charge in [-0.25, -0.2) is 44.2 Å². The molecule has 0 aliphatic rings. The van der Waals surface area contributed by atoms with Gasteiger partial charge in [-0.05, 0) is 87.3 Å². The second-order valence-corrected chi connectivity index (χ2v) is 22.0. The molecule has 0 saturated carbocycles. The van der Waals surface area contributed by atoms with E-state index in [9.17, 15) is 44.7 Å². The lowest BCUT2D eigenvalue weighted by molar-refractivity contribution is -0.156. The van der Waals surface area contributed by atoms with Gasteiger partial charge in [0, 0.05) is 77.4 Å². The largest absolute Gasteiger partial charge is 0.507 e. The number of benzene rings is 4. The molecule has 0 aromatic heterocycles. The lowest BCUT2D eigenvalue weighted by Gasteiger charge is -2.21. The molecule has 59 heavy (non-hydrogen) atoms. The van der Waals surface area contributed by atoms with Crippen LogP contribution in [0, 0.1) is 0 Å². The summed E-state index contributed by atoms with van der Waals surface area (Å²) in [6.07, 6.45) is -0.859. The number of ether oxygens (including phenoxy) is 3. The normalized spacial score (nSPS) is 13.2. The SMILES string of the molecule is CC(C)(C)OC(=O)CCCNS(=O)(=O)c1cc(S(=O)(=O)NCCCC(=O)OC(C)(C)C)c2ccc3c(S(=O)(=O)NCCNC(=O)OC(C)(C)C)cc(O)c4ccc1c2c43. The van der Waals surface area contributed by atoms with Crippen molar-refractivity contribution >= 4 is 80.4 Å². The Morgan fingerprint density at radius 2 is 0.881 bits per heavy atom. The van der Waals surface area contributed by atoms with Crippen LogP contribution in [0.3, 0.4) is 0 Å². The number of rotatable bonds is 17. The molecule has 5 N–H and O–H groups in total. The Morgan fingerprint density at radius 1 is 0.525 bits per heavy atom. The first-order chi connectivity index (χ1) is 27.0. The number of phenols is 1. The van der Waals surface area contributed by atoms with E-state index in [1.54, 1.807) is 62.3 Å². The maximum Gasteiger partial charge on any atom is 0.407 e. The van der Waals surface area contributed by atoms with Crippen LogP contribution in [-0.2, 0) is 53.9 Å². The zero-order valence-electron chi connectivity index (χ0n) is 34.7. The van der Waals surface area contributed by atoms with E-state index in [1.165, 1.54) is 24.3 Å². The van der Waals surface area contributed by atoms with Crippen molar-refractivity contribution < 1.29 is 59.0 Å². The molecule has 0 heterocycles. The van der Waals surface area contributed by atoms with Crippen molar-refractivity contribution in [1.29, 1.82) is 0 Å². The average Bonchev–Trinajstić information content (AvgIpc) is 3.07. The van der Waals surface area contributed by atoms with E-state index in [1.807, 2.05) is 0 Å². The van der Waals surface area contributed by atoms with Crippen LogP contribution in [0.2, 0.25) is 0 Å². The number of alkyl carbamates (subject to hydrolysis) is 1. The standard InChI is InChI=1S/C39H54N4O13S3/c1-37(2,3)54-32(45)12-10-18-41-58(50,51)30-23-31(59(52,53)42-19-11-13-33(46)55-38(4,5)6)27-17-16-25-29(22-28(44)24-14-15-26(30)35(27)34(24)25)57(48,49)43-21-20-40-36(47)56-39(7,8)9/h14-17,22-23,41-44H,10-13,18-21H2,1-9H3,(H,40,47). The predicted molar refractivity (Wildman–Crippen MR) is 222 cm³/mol. The molecule has 0 saturated heterocycles. The van der Waals surface area contributed by atoms with Gasteiger partial charge in [0.2, 0.25) is 30.1 Å². The van der Waals surface area contributed by atoms with E-state index in [0.717, 1.165) is 12.1 Å². The number of carbonyl (C=O) groups is 3. The quantitative estimate of drug-likeness (QED) is 0.0411. The van der Waals surface area contributed by atoms with Gasteiger partial charge < -0.3 is 24.6 Å². The van der Waals surface area contributed by atoms with Gasteiger partial charge in [0.25, 0.3) is 0 Å². The van der Waals surface area contributed by atoms with Crippen molar-refractivity contribution in [2.45, 2.75) is 119 Å². The van der Waals surface area contributed by atoms with E-state index < -0.39 is 85.3 Å². The highest BCUT2D eigenvalue weighted by molar-refractivity contribution is 7.90. The van der Waals surface area contributed by atoms with Crippen LogP contribution in [0.1, 0.15) is 88.0 Å². The molecule has 0 atom stereocenters. The van der Waals surface area contributed by atoms with Crippen LogP contribution < -0.4 is 19.5 Å². The van der Waals surface area contributed by atoms with Gasteiger partial charge in [0.15, 0.2) is 0 Å². The molecule has 17 nitrogen and oxygen atoms in total. The molecule has 0 spiro atoms. The molecule has 0 aliphatic carbocycles. The number of carbonyl (C=O) groups excluding carboxylic acids is 3. The second kappa shape index (κ2) is 17.7. The predicted octanol–water partition coefficient (Wildman–Crippen LogP) is 4.89. The minimum absolute atomic E-state index is 0.0186. The molecule has 20 heteroatoms. The first kappa shape index (κ1) is 47.3. The highest BCUT2D eigenvalue weighted by Crippen LogP contribution is 2.45. The van der Waals surface area contributed by atoms with Gasteiger partial charge in [-0.3, -0.25) is 9.59 Å². The van der Waals surface area contributed by atoms with Crippen molar-refractivity contribution in [1.82, 2.24) is 19.5 Å². The molecule has 0 fully saturated rings. The fraction of sp³-hybridized carbons (Fsp3) is 0.513. The zero-order chi connectivity index (χ0) is 44.4. The van der Waals surface area contributed by atoms with Gasteiger partial charge in [-0.1, -0.05) is 18.2 Å². The number of sulfonamides is 3. The Hall–Kier alpha value is -4.34. The van der Waals surface area contributed by atoms with Gasteiger partial charge >= 0.3 is 18.0 Å². The topological polar surface area (TPSA) is 250 Å². The molecular weight excluding hydrogens is 829 g/mol. The summed E-state index contributed by atoms with van der Waals surface area (Å²) in [7, 11) is -13.5. The average molecular weight is 883 g/mol. The highest BCUT2D eigenvalue weighted by atomic mass is 32.2. The van der Waals surface area contributed by atoms with Gasteiger partial charge in [-0.15, -0.1) is 0 Å². The van der Waals surface area contributed by atoms with Crippen molar-refractivity contribution in [2.24, 2.45) is 0 Å². The lowest BCUT2D eigenvalue weighted by Crippen LogP contribution is -2.37. The summed E-state index contributed by atoms with van der Waals surface area (Å²) < 4.78 is 107. The number of aromatic hydroxyl groups is 1. The van der Waals surface area contributed by atoms with Crippen molar-refractivity contribution in [2.75, 3.05) is 26.2 Å². The Morgan fingerprint density at radius 3 is 1.29 bits per heavy atom. The maximum atomic E-state index is 14.1. The fourth-order valence-electron chi connectivity index (χ4n) is 6.11. The number of phenolic OH excluding ortho intramolecular Hbond substituents is 1. The first-order valence-corrected chi connectivity index (χ1v) is 23.3. The molecule has 0 aliphatic heterocycles. The Labute approximate surface area is 345 Å². The summed E-state index contributed by atoms with van der Waals surface area (Å²) in [6, 6.07) is 7.52. The van der Waals surface area contributed by atoms with E-state index in [0.29, 0.717) is 0 Å². The van der Waals surface area contributed by atoms with Crippen LogP contribution in [0.4, 0.5) is 4.79 Å². The zero-order valence-corrected chi connectivity index (χ0v) is 37.1. The smallest absolute Gasteiger partial charge is 0.407 e. The van der Waals surface area contributed by atoms with E-state index >= 15 is 0 Å². The van der Waals surface area contributed by atoms with E-state index in [-0.39, 0.29) is 84.2 Å². The number of nitrogens with one attached hydrogen (secondary N) is 4. The van der Waals surface area contributed by atoms with Crippen LogP contribution >= 0.6 is 0 Å². The number of hydrogen-bond acceptors (Lipinski definition) is 13. The molecule has 4 rings (SSSR count). The number of amides is 1. The van der Waals surface area contributed by atoms with Gasteiger partial charge in [0.05, 0.1) is 14.7 Å². The summed E-state index contributed by atoms with van der Waals surface area (Å²) in [4.78, 5) is 35.3. The third-order valence-electron chi connectivity index (χ3n) is 8.26. The molecule has 4 aromatic carbocycles. The third-order valence-corrected chi connectivity index (χ3v) is 12.8. The fourth-order valence-corrected chi connectivity index (χ4v) is 10.0. The molecule has 4 aromatic rings. The van der Waals surface area contributed by atoms with Crippen molar-refractivity contribution in [3.8, 4) is 5.75 Å². The molecule has 0 unspecified atom stereocenters. The van der Waals surface area contributed by atoms with Crippen molar-refractivity contribution in [3.63, 3.8) is 0 Å². The van der Waals surface area contributed by atoms with Gasteiger partial charge in [0.1, 0.15) is 22.6 Å². The minimum Gasteiger partial charge on any atom is -0.507 e. The summed E-state index contributed by atoms with van der Waals surface area (Å²) >= 11 is 0. The summed E-state index contributed by atoms with van der Waals surface area (Å²) in [6.45, 7) is 14.4. The maximum absolute atomic E-state index is 14.1. The number of hydrogen-bond donors (Lipinski definition) is 5. The van der Waals surface area contributed by atoms with Gasteiger partial charge in [-0.2, -0.15) is 0 Å². The Bertz CT molecular complexity index is 2470. The minimum atomic E-state index is -4.53. The van der Waals surface area contributed by atoms with Crippen LogP contribution in [0.5, 0.6) is 5.75 Å². The second-order valence-electron chi connectivity index (χ2n) is 16.8. The molecule has 1 amide bonds. The molecule has 326 valence electrons. The summed E-state index contributed by atoms with van der Waals surface area (Å²) in [5.41, 5.74) is -2.27. The monoisotopic (exact) mass is 882 g/mol. The molecule has 0 radical (unpaired) electrons. The highest BCUT2D eigenvalue weighted by Gasteiger charge is 2.30. The molecule has 0 bridgehead atoms.